The Bertz CT molecular complexity index is 343. The highest BCUT2D eigenvalue weighted by molar-refractivity contribution is 5.30. The van der Waals surface area contributed by atoms with E-state index in [1.807, 2.05) is 0 Å². The molecule has 0 amide bonds. The monoisotopic (exact) mass is 203 g/mol. The van der Waals surface area contributed by atoms with Crippen molar-refractivity contribution in [3.63, 3.8) is 0 Å². The molecule has 1 N–H and O–H groups in total. The molecule has 0 aliphatic heterocycles. The van der Waals surface area contributed by atoms with E-state index in [4.69, 9.17) is 0 Å². The maximum Gasteiger partial charge on any atom is 0.0208 e. The molecule has 2 unspecified atom stereocenters. The molecule has 1 saturated carbocycles. The number of aryl methyl sites for hydroxylation is 2. The molecule has 0 radical (unpaired) electrons. The second-order valence-electron chi connectivity index (χ2n) is 5.03. The summed E-state index contributed by atoms with van der Waals surface area (Å²) < 4.78 is 0. The van der Waals surface area contributed by atoms with Crippen LogP contribution in [0.3, 0.4) is 0 Å². The van der Waals surface area contributed by atoms with Crippen LogP contribution in [0.1, 0.15) is 30.0 Å². The zero-order valence-electron chi connectivity index (χ0n) is 10.0. The number of hydrogen-bond donors (Lipinski definition) is 1. The van der Waals surface area contributed by atoms with Crippen molar-refractivity contribution >= 4 is 0 Å². The topological polar surface area (TPSA) is 12.0 Å². The zero-order valence-corrected chi connectivity index (χ0v) is 10.0. The third-order valence-corrected chi connectivity index (χ3v) is 3.50. The summed E-state index contributed by atoms with van der Waals surface area (Å²) in [6.07, 6.45) is 1.42. The molecule has 2 atom stereocenters. The van der Waals surface area contributed by atoms with E-state index in [0.717, 1.165) is 18.4 Å². The first-order valence-corrected chi connectivity index (χ1v) is 5.93. The minimum absolute atomic E-state index is 0.940. The molecular formula is C14H21N. The molecule has 15 heavy (non-hydrogen) atoms. The van der Waals surface area contributed by atoms with Gasteiger partial charge in [0.2, 0.25) is 0 Å². The van der Waals surface area contributed by atoms with Gasteiger partial charge in [0.1, 0.15) is 0 Å². The fraction of sp³-hybridized carbons (Fsp3) is 0.571. The Morgan fingerprint density at radius 1 is 1.33 bits per heavy atom. The molecule has 2 rings (SSSR count). The fourth-order valence-electron chi connectivity index (χ4n) is 2.07. The maximum atomic E-state index is 3.56. The zero-order chi connectivity index (χ0) is 10.8. The molecule has 82 valence electrons. The smallest absolute Gasteiger partial charge is 0.0208 e. The lowest BCUT2D eigenvalue weighted by Gasteiger charge is -2.08. The predicted octanol–water partition coefficient (Wildman–Crippen LogP) is 3.05. The van der Waals surface area contributed by atoms with Crippen LogP contribution < -0.4 is 5.32 Å². The Kier molecular flexibility index (Phi) is 3.11. The van der Waals surface area contributed by atoms with E-state index in [1.165, 1.54) is 29.7 Å². The average molecular weight is 203 g/mol. The summed E-state index contributed by atoms with van der Waals surface area (Å²) in [5.41, 5.74) is 4.21. The highest BCUT2D eigenvalue weighted by atomic mass is 14.9. The molecule has 0 saturated heterocycles. The van der Waals surface area contributed by atoms with Gasteiger partial charge in [-0.2, -0.15) is 0 Å². The van der Waals surface area contributed by atoms with Gasteiger partial charge in [-0.05, 0) is 49.8 Å². The first-order valence-electron chi connectivity index (χ1n) is 5.93. The third kappa shape index (κ3) is 2.82. The molecule has 1 heteroatoms. The lowest BCUT2D eigenvalue weighted by Crippen LogP contribution is -2.17. The molecule has 1 aliphatic carbocycles. The molecular weight excluding hydrogens is 182 g/mol. The largest absolute Gasteiger partial charge is 0.312 e. The molecule has 0 spiro atoms. The normalized spacial score (nSPS) is 24.2. The summed E-state index contributed by atoms with van der Waals surface area (Å²) in [5, 5.41) is 3.56. The molecule has 0 heterocycles. The van der Waals surface area contributed by atoms with E-state index in [0.29, 0.717) is 0 Å². The Labute approximate surface area is 92.9 Å². The molecule has 1 aromatic carbocycles. The van der Waals surface area contributed by atoms with Gasteiger partial charge in [0, 0.05) is 6.54 Å². The van der Waals surface area contributed by atoms with Crippen molar-refractivity contribution in [1.29, 1.82) is 0 Å². The predicted molar refractivity (Wildman–Crippen MR) is 64.9 cm³/mol. The van der Waals surface area contributed by atoms with Crippen LogP contribution in [0, 0.1) is 25.7 Å². The Balaban J connectivity index is 1.84. The number of nitrogens with one attached hydrogen (secondary N) is 1. The minimum atomic E-state index is 0.940. The first kappa shape index (κ1) is 10.7. The van der Waals surface area contributed by atoms with E-state index < -0.39 is 0 Å². The van der Waals surface area contributed by atoms with Crippen LogP contribution in [0.15, 0.2) is 18.2 Å². The van der Waals surface area contributed by atoms with Gasteiger partial charge in [0.05, 0.1) is 0 Å². The van der Waals surface area contributed by atoms with E-state index in [1.54, 1.807) is 0 Å². The van der Waals surface area contributed by atoms with Crippen molar-refractivity contribution in [3.05, 3.63) is 34.9 Å². The molecule has 1 nitrogen and oxygen atoms in total. The van der Waals surface area contributed by atoms with Gasteiger partial charge in [-0.25, -0.2) is 0 Å². The van der Waals surface area contributed by atoms with Gasteiger partial charge >= 0.3 is 0 Å². The number of benzene rings is 1. The van der Waals surface area contributed by atoms with Crippen LogP contribution in [-0.4, -0.2) is 6.54 Å². The van der Waals surface area contributed by atoms with Crippen molar-refractivity contribution in [2.24, 2.45) is 11.8 Å². The second kappa shape index (κ2) is 4.36. The van der Waals surface area contributed by atoms with Crippen LogP contribution in [0.4, 0.5) is 0 Å². The molecule has 1 aliphatic rings. The van der Waals surface area contributed by atoms with Gasteiger partial charge in [-0.3, -0.25) is 0 Å². The highest BCUT2D eigenvalue weighted by Gasteiger charge is 2.31. The molecule has 1 aromatic rings. The third-order valence-electron chi connectivity index (χ3n) is 3.50. The van der Waals surface area contributed by atoms with Crippen LogP contribution in [-0.2, 0) is 6.54 Å². The van der Waals surface area contributed by atoms with E-state index in [-0.39, 0.29) is 0 Å². The number of hydrogen-bond acceptors (Lipinski definition) is 1. The van der Waals surface area contributed by atoms with Gasteiger partial charge < -0.3 is 5.32 Å². The van der Waals surface area contributed by atoms with E-state index in [9.17, 15) is 0 Å². The van der Waals surface area contributed by atoms with Crippen LogP contribution >= 0.6 is 0 Å². The lowest BCUT2D eigenvalue weighted by atomic mass is 10.1. The summed E-state index contributed by atoms with van der Waals surface area (Å²) in [4.78, 5) is 0. The number of rotatable bonds is 4. The Hall–Kier alpha value is -0.820. The molecule has 0 aromatic heterocycles. The van der Waals surface area contributed by atoms with Crippen LogP contribution in [0.2, 0.25) is 0 Å². The summed E-state index contributed by atoms with van der Waals surface area (Å²) >= 11 is 0. The minimum Gasteiger partial charge on any atom is -0.312 e. The van der Waals surface area contributed by atoms with Crippen molar-refractivity contribution < 1.29 is 0 Å². The Morgan fingerprint density at radius 3 is 2.73 bits per heavy atom. The summed E-state index contributed by atoms with van der Waals surface area (Å²) in [6, 6.07) is 6.69. The second-order valence-corrected chi connectivity index (χ2v) is 5.03. The summed E-state index contributed by atoms with van der Waals surface area (Å²) in [5.74, 6) is 1.89. The average Bonchev–Trinajstić information content (AvgIpc) is 2.88. The first-order chi connectivity index (χ1) is 7.16. The van der Waals surface area contributed by atoms with Crippen LogP contribution in [0.5, 0.6) is 0 Å². The SMILES string of the molecule is Cc1ccc(C)c(CNCC2CC2C)c1. The van der Waals surface area contributed by atoms with Crippen molar-refractivity contribution in [3.8, 4) is 0 Å². The molecule has 1 fully saturated rings. The summed E-state index contributed by atoms with van der Waals surface area (Å²) in [7, 11) is 0. The highest BCUT2D eigenvalue weighted by Crippen LogP contribution is 2.36. The maximum absolute atomic E-state index is 3.56. The van der Waals surface area contributed by atoms with Crippen molar-refractivity contribution in [2.75, 3.05) is 6.54 Å². The van der Waals surface area contributed by atoms with E-state index >= 15 is 0 Å². The molecule has 0 bridgehead atoms. The summed E-state index contributed by atoms with van der Waals surface area (Å²) in [6.45, 7) is 8.90. The lowest BCUT2D eigenvalue weighted by molar-refractivity contribution is 0.610. The van der Waals surface area contributed by atoms with Crippen molar-refractivity contribution in [1.82, 2.24) is 5.32 Å². The van der Waals surface area contributed by atoms with Gasteiger partial charge in [0.15, 0.2) is 0 Å². The van der Waals surface area contributed by atoms with E-state index in [2.05, 4.69) is 44.3 Å². The van der Waals surface area contributed by atoms with Gasteiger partial charge in [-0.15, -0.1) is 0 Å². The van der Waals surface area contributed by atoms with Gasteiger partial charge in [-0.1, -0.05) is 30.7 Å². The van der Waals surface area contributed by atoms with Gasteiger partial charge in [0.25, 0.3) is 0 Å². The fourth-order valence-corrected chi connectivity index (χ4v) is 2.07. The Morgan fingerprint density at radius 2 is 2.07 bits per heavy atom. The quantitative estimate of drug-likeness (QED) is 0.793. The van der Waals surface area contributed by atoms with Crippen molar-refractivity contribution in [2.45, 2.75) is 33.7 Å². The standard InChI is InChI=1S/C14H21N/c1-10-4-5-11(2)13(6-10)8-15-9-14-7-12(14)3/h4-6,12,14-15H,7-9H2,1-3H3. The van der Waals surface area contributed by atoms with Crippen LogP contribution in [0.25, 0.3) is 0 Å².